The second kappa shape index (κ2) is 15.3. The normalized spacial score (nSPS) is 11.1. The second-order valence-electron chi connectivity index (χ2n) is 5.73. The lowest BCUT2D eigenvalue weighted by Gasteiger charge is -1.99. The first-order valence-corrected chi connectivity index (χ1v) is 8.58. The molecule has 122 valence electrons. The van der Waals surface area contributed by atoms with E-state index in [0.717, 1.165) is 38.5 Å². The SMILES string of the molecule is CCCCCCCCC(=O)C=CCCCCCCC(=O)O. The average Bonchev–Trinajstić information content (AvgIpc) is 2.45. The third kappa shape index (κ3) is 16.8. The van der Waals surface area contributed by atoms with Gasteiger partial charge in [-0.3, -0.25) is 9.59 Å². The van der Waals surface area contributed by atoms with Gasteiger partial charge in [-0.05, 0) is 31.8 Å². The van der Waals surface area contributed by atoms with Gasteiger partial charge >= 0.3 is 5.97 Å². The zero-order chi connectivity index (χ0) is 15.8. The van der Waals surface area contributed by atoms with Crippen LogP contribution in [0.1, 0.15) is 90.4 Å². The predicted octanol–water partition coefficient (Wildman–Crippen LogP) is 5.29. The van der Waals surface area contributed by atoms with E-state index in [-0.39, 0.29) is 12.2 Å². The second-order valence-corrected chi connectivity index (χ2v) is 5.73. The van der Waals surface area contributed by atoms with Crippen LogP contribution in [0.3, 0.4) is 0 Å². The van der Waals surface area contributed by atoms with Crippen LogP contribution in [0, 0.1) is 0 Å². The lowest BCUT2D eigenvalue weighted by atomic mass is 10.1. The molecule has 0 unspecified atom stereocenters. The van der Waals surface area contributed by atoms with E-state index in [9.17, 15) is 9.59 Å². The van der Waals surface area contributed by atoms with Gasteiger partial charge in [0.2, 0.25) is 0 Å². The minimum Gasteiger partial charge on any atom is -0.481 e. The first-order chi connectivity index (χ1) is 10.2. The molecule has 0 amide bonds. The number of hydrogen-bond donors (Lipinski definition) is 1. The van der Waals surface area contributed by atoms with Crippen molar-refractivity contribution in [3.8, 4) is 0 Å². The lowest BCUT2D eigenvalue weighted by molar-refractivity contribution is -0.137. The number of unbranched alkanes of at least 4 members (excludes halogenated alkanes) is 9. The highest BCUT2D eigenvalue weighted by Gasteiger charge is 1.98. The van der Waals surface area contributed by atoms with Crippen molar-refractivity contribution in [2.24, 2.45) is 0 Å². The van der Waals surface area contributed by atoms with E-state index in [4.69, 9.17) is 5.11 Å². The maximum Gasteiger partial charge on any atom is 0.303 e. The summed E-state index contributed by atoms with van der Waals surface area (Å²) in [6.45, 7) is 2.21. The van der Waals surface area contributed by atoms with Gasteiger partial charge in [0.15, 0.2) is 5.78 Å². The Hall–Kier alpha value is -1.12. The molecule has 3 nitrogen and oxygen atoms in total. The Bertz CT molecular complexity index is 295. The fourth-order valence-electron chi connectivity index (χ4n) is 2.27. The number of carboxylic acid groups (broad SMARTS) is 1. The Morgan fingerprint density at radius 2 is 1.38 bits per heavy atom. The molecular weight excluding hydrogens is 264 g/mol. The zero-order valence-corrected chi connectivity index (χ0v) is 13.6. The van der Waals surface area contributed by atoms with E-state index in [2.05, 4.69) is 6.92 Å². The third-order valence-electron chi connectivity index (χ3n) is 3.59. The number of carboxylic acids is 1. The van der Waals surface area contributed by atoms with Gasteiger partial charge < -0.3 is 5.11 Å². The van der Waals surface area contributed by atoms with Crippen molar-refractivity contribution in [2.45, 2.75) is 90.4 Å². The Balaban J connectivity index is 3.32. The van der Waals surface area contributed by atoms with Crippen molar-refractivity contribution in [2.75, 3.05) is 0 Å². The van der Waals surface area contributed by atoms with Crippen LogP contribution in [0.25, 0.3) is 0 Å². The summed E-state index contributed by atoms with van der Waals surface area (Å²) in [5, 5.41) is 8.50. The fraction of sp³-hybridized carbons (Fsp3) is 0.778. The van der Waals surface area contributed by atoms with Gasteiger partial charge in [0.05, 0.1) is 0 Å². The highest BCUT2D eigenvalue weighted by Crippen LogP contribution is 2.08. The molecule has 0 rings (SSSR count). The molecule has 0 aliphatic rings. The molecule has 0 atom stereocenters. The van der Waals surface area contributed by atoms with Crippen molar-refractivity contribution >= 4 is 11.8 Å². The number of carbonyl (C=O) groups is 2. The first-order valence-electron chi connectivity index (χ1n) is 8.58. The molecule has 0 aromatic rings. The molecule has 3 heteroatoms. The van der Waals surface area contributed by atoms with E-state index >= 15 is 0 Å². The van der Waals surface area contributed by atoms with Crippen molar-refractivity contribution in [3.63, 3.8) is 0 Å². The van der Waals surface area contributed by atoms with Crippen LogP contribution >= 0.6 is 0 Å². The number of ketones is 1. The van der Waals surface area contributed by atoms with Crippen molar-refractivity contribution < 1.29 is 14.7 Å². The molecule has 0 heterocycles. The Labute approximate surface area is 129 Å². The number of hydrogen-bond acceptors (Lipinski definition) is 2. The smallest absolute Gasteiger partial charge is 0.303 e. The predicted molar refractivity (Wildman–Crippen MR) is 87.5 cm³/mol. The summed E-state index contributed by atoms with van der Waals surface area (Å²) < 4.78 is 0. The van der Waals surface area contributed by atoms with Crippen molar-refractivity contribution in [1.82, 2.24) is 0 Å². The molecule has 0 spiro atoms. The van der Waals surface area contributed by atoms with Gasteiger partial charge in [-0.25, -0.2) is 0 Å². The molecule has 1 N–H and O–H groups in total. The van der Waals surface area contributed by atoms with E-state index in [1.165, 1.54) is 32.1 Å². The van der Waals surface area contributed by atoms with Crippen LogP contribution in [0.2, 0.25) is 0 Å². The summed E-state index contributed by atoms with van der Waals surface area (Å²) in [5.41, 5.74) is 0. The van der Waals surface area contributed by atoms with Crippen LogP contribution in [-0.4, -0.2) is 16.9 Å². The fourth-order valence-corrected chi connectivity index (χ4v) is 2.27. The Morgan fingerprint density at radius 1 is 0.810 bits per heavy atom. The van der Waals surface area contributed by atoms with Gasteiger partial charge in [-0.2, -0.15) is 0 Å². The van der Waals surface area contributed by atoms with Crippen molar-refractivity contribution in [3.05, 3.63) is 12.2 Å². The average molecular weight is 296 g/mol. The minimum atomic E-state index is -0.713. The molecule has 0 aromatic carbocycles. The van der Waals surface area contributed by atoms with Gasteiger partial charge in [-0.1, -0.05) is 57.9 Å². The zero-order valence-electron chi connectivity index (χ0n) is 13.6. The van der Waals surface area contributed by atoms with Crippen LogP contribution in [-0.2, 0) is 9.59 Å². The first kappa shape index (κ1) is 19.9. The summed E-state index contributed by atoms with van der Waals surface area (Å²) in [6, 6.07) is 0. The third-order valence-corrected chi connectivity index (χ3v) is 3.59. The standard InChI is InChI=1S/C18H32O3/c1-2-3-4-5-8-11-14-17(19)15-12-9-6-7-10-13-16-18(20)21/h12,15H,2-11,13-14,16H2,1H3,(H,20,21). The minimum absolute atomic E-state index is 0.247. The highest BCUT2D eigenvalue weighted by molar-refractivity contribution is 5.89. The highest BCUT2D eigenvalue weighted by atomic mass is 16.4. The van der Waals surface area contributed by atoms with Gasteiger partial charge in [0.1, 0.15) is 0 Å². The Kier molecular flexibility index (Phi) is 14.5. The molecule has 0 aliphatic heterocycles. The molecule has 0 radical (unpaired) electrons. The summed E-state index contributed by atoms with van der Waals surface area (Å²) in [7, 11) is 0. The summed E-state index contributed by atoms with van der Waals surface area (Å²) in [5.74, 6) is -0.466. The maximum atomic E-state index is 11.6. The maximum absolute atomic E-state index is 11.6. The summed E-state index contributed by atoms with van der Waals surface area (Å²) in [6.07, 6.45) is 16.7. The van der Waals surface area contributed by atoms with Crippen molar-refractivity contribution in [1.29, 1.82) is 0 Å². The van der Waals surface area contributed by atoms with Gasteiger partial charge in [0.25, 0.3) is 0 Å². The summed E-state index contributed by atoms with van der Waals surface area (Å²) in [4.78, 5) is 21.9. The van der Waals surface area contributed by atoms with E-state index in [1.807, 2.05) is 6.08 Å². The van der Waals surface area contributed by atoms with Gasteiger partial charge in [0, 0.05) is 12.8 Å². The molecule has 0 aliphatic carbocycles. The molecule has 0 saturated heterocycles. The molecular formula is C18H32O3. The van der Waals surface area contributed by atoms with E-state index in [0.29, 0.717) is 6.42 Å². The monoisotopic (exact) mass is 296 g/mol. The lowest BCUT2D eigenvalue weighted by Crippen LogP contribution is -1.93. The molecule has 21 heavy (non-hydrogen) atoms. The number of rotatable bonds is 15. The number of carbonyl (C=O) groups excluding carboxylic acids is 1. The van der Waals surface area contributed by atoms with Gasteiger partial charge in [-0.15, -0.1) is 0 Å². The van der Waals surface area contributed by atoms with Crippen LogP contribution < -0.4 is 0 Å². The summed E-state index contributed by atoms with van der Waals surface area (Å²) >= 11 is 0. The number of aliphatic carboxylic acids is 1. The topological polar surface area (TPSA) is 54.4 Å². The molecule has 0 saturated carbocycles. The van der Waals surface area contributed by atoms with E-state index in [1.54, 1.807) is 6.08 Å². The van der Waals surface area contributed by atoms with E-state index < -0.39 is 5.97 Å². The Morgan fingerprint density at radius 3 is 2.05 bits per heavy atom. The molecule has 0 bridgehead atoms. The van der Waals surface area contributed by atoms with Crippen LogP contribution in [0.5, 0.6) is 0 Å². The largest absolute Gasteiger partial charge is 0.481 e. The van der Waals surface area contributed by atoms with Crippen LogP contribution in [0.4, 0.5) is 0 Å². The molecule has 0 fully saturated rings. The quantitative estimate of drug-likeness (QED) is 0.330. The van der Waals surface area contributed by atoms with Crippen LogP contribution in [0.15, 0.2) is 12.2 Å². The number of allylic oxidation sites excluding steroid dienone is 2. The molecule has 0 aromatic heterocycles.